The van der Waals surface area contributed by atoms with Crippen molar-refractivity contribution in [1.82, 2.24) is 9.55 Å². The quantitative estimate of drug-likeness (QED) is 0.658. The van der Waals surface area contributed by atoms with E-state index in [0.29, 0.717) is 22.9 Å². The zero-order valence-electron chi connectivity index (χ0n) is 15.0. The first-order chi connectivity index (χ1) is 13.0. The molecule has 0 saturated carbocycles. The Morgan fingerprint density at radius 1 is 1.30 bits per heavy atom. The summed E-state index contributed by atoms with van der Waals surface area (Å²) < 4.78 is 17.8. The predicted octanol–water partition coefficient (Wildman–Crippen LogP) is 2.10. The van der Waals surface area contributed by atoms with Crippen molar-refractivity contribution in [3.8, 4) is 11.5 Å². The zero-order chi connectivity index (χ0) is 19.0. The maximum Gasteiger partial charge on any atom is 0.338 e. The molecule has 1 aromatic heterocycles. The summed E-state index contributed by atoms with van der Waals surface area (Å²) in [4.78, 5) is 28.7. The smallest absolute Gasteiger partial charge is 0.338 e. The average molecular weight is 366 g/mol. The molecular weight excluding hydrogens is 348 g/mol. The zero-order valence-corrected chi connectivity index (χ0v) is 15.0. The molecule has 0 amide bonds. The van der Waals surface area contributed by atoms with Crippen molar-refractivity contribution in [3.63, 3.8) is 0 Å². The van der Waals surface area contributed by atoms with Crippen LogP contribution in [0.25, 0.3) is 10.9 Å². The minimum Gasteiger partial charge on any atom is -0.497 e. The monoisotopic (exact) mass is 366 g/mol. The van der Waals surface area contributed by atoms with E-state index in [1.165, 1.54) is 17.0 Å². The van der Waals surface area contributed by atoms with Gasteiger partial charge in [-0.1, -0.05) is 0 Å². The van der Waals surface area contributed by atoms with Gasteiger partial charge in [0.2, 0.25) is 0 Å². The van der Waals surface area contributed by atoms with Crippen molar-refractivity contribution >= 4 is 16.9 Å². The minimum atomic E-state index is -0.500. The summed E-state index contributed by atoms with van der Waals surface area (Å²) in [5.74, 6) is 1.04. The van der Waals surface area contributed by atoms with Crippen LogP contribution in [-0.2, 0) is 18.2 Å². The van der Waals surface area contributed by atoms with Gasteiger partial charge in [-0.25, -0.2) is 9.78 Å². The van der Waals surface area contributed by atoms with Crippen molar-refractivity contribution in [2.75, 3.05) is 13.7 Å². The van der Waals surface area contributed by atoms with E-state index in [4.69, 9.17) is 14.2 Å². The first-order valence-electron chi connectivity index (χ1n) is 8.51. The van der Waals surface area contributed by atoms with Crippen molar-refractivity contribution in [2.24, 2.45) is 7.05 Å². The first kappa shape index (κ1) is 17.1. The highest BCUT2D eigenvalue weighted by Gasteiger charge is 2.25. The van der Waals surface area contributed by atoms with E-state index in [0.717, 1.165) is 17.1 Å². The third kappa shape index (κ3) is 3.23. The number of carbonyl (C=O) groups excluding carboxylic acids is 1. The second-order valence-corrected chi connectivity index (χ2v) is 6.41. The van der Waals surface area contributed by atoms with Crippen LogP contribution < -0.4 is 15.0 Å². The van der Waals surface area contributed by atoms with Crippen LogP contribution in [0.5, 0.6) is 11.5 Å². The van der Waals surface area contributed by atoms with Crippen LogP contribution in [0.4, 0.5) is 0 Å². The molecule has 4 rings (SSSR count). The highest BCUT2D eigenvalue weighted by atomic mass is 16.6. The van der Waals surface area contributed by atoms with Crippen LogP contribution in [0.3, 0.4) is 0 Å². The molecule has 138 valence electrons. The minimum absolute atomic E-state index is 0.124. The number of hydrogen-bond donors (Lipinski definition) is 0. The number of esters is 1. The summed E-state index contributed by atoms with van der Waals surface area (Å²) in [6.45, 7) is 0.124. The number of aromatic nitrogens is 2. The lowest BCUT2D eigenvalue weighted by Crippen LogP contribution is -2.23. The molecule has 3 aromatic rings. The van der Waals surface area contributed by atoms with Gasteiger partial charge < -0.3 is 18.8 Å². The van der Waals surface area contributed by atoms with Gasteiger partial charge in [-0.05, 0) is 36.4 Å². The fourth-order valence-corrected chi connectivity index (χ4v) is 3.11. The summed E-state index contributed by atoms with van der Waals surface area (Å²) in [6.07, 6.45) is 1.85. The van der Waals surface area contributed by atoms with Crippen LogP contribution in [0.2, 0.25) is 0 Å². The lowest BCUT2D eigenvalue weighted by molar-refractivity contribution is 0.0347. The number of nitrogens with zero attached hydrogens (tertiary/aromatic N) is 2. The summed E-state index contributed by atoms with van der Waals surface area (Å²) in [6, 6.07) is 10.4. The molecular formula is C20H18N2O5. The molecule has 1 atom stereocenters. The topological polar surface area (TPSA) is 79.7 Å². The lowest BCUT2D eigenvalue weighted by atomic mass is 10.1. The SMILES string of the molecule is COc1ccc2c(c1)CC(COC(=O)c1ccc3ncn(C)c(=O)c3c1)O2. The maximum absolute atomic E-state index is 12.4. The number of benzene rings is 2. The standard InChI is InChI=1S/C20H18N2O5/c1-22-11-21-17-5-3-12(9-16(17)19(22)23)20(24)26-10-15-8-13-7-14(25-2)4-6-18(13)27-15/h3-7,9,11,15H,8,10H2,1-2H3. The van der Waals surface area contributed by atoms with E-state index in [1.807, 2.05) is 18.2 Å². The van der Waals surface area contributed by atoms with Crippen LogP contribution in [0, 0.1) is 0 Å². The predicted molar refractivity (Wildman–Crippen MR) is 98.4 cm³/mol. The molecule has 0 spiro atoms. The van der Waals surface area contributed by atoms with E-state index in [1.54, 1.807) is 26.3 Å². The molecule has 2 heterocycles. The molecule has 1 aliphatic heterocycles. The van der Waals surface area contributed by atoms with E-state index in [9.17, 15) is 9.59 Å². The Morgan fingerprint density at radius 2 is 2.15 bits per heavy atom. The van der Waals surface area contributed by atoms with Gasteiger partial charge in [0.15, 0.2) is 0 Å². The van der Waals surface area contributed by atoms with Crippen LogP contribution >= 0.6 is 0 Å². The molecule has 0 aliphatic carbocycles. The highest BCUT2D eigenvalue weighted by molar-refractivity contribution is 5.94. The van der Waals surface area contributed by atoms with Crippen LogP contribution in [0.1, 0.15) is 15.9 Å². The molecule has 0 fully saturated rings. The van der Waals surface area contributed by atoms with Crippen LogP contribution in [0.15, 0.2) is 47.5 Å². The molecule has 1 unspecified atom stereocenters. The lowest BCUT2D eigenvalue weighted by Gasteiger charge is -2.11. The number of carbonyl (C=O) groups is 1. The van der Waals surface area contributed by atoms with Gasteiger partial charge in [0.05, 0.1) is 29.9 Å². The molecule has 7 heteroatoms. The van der Waals surface area contributed by atoms with E-state index in [-0.39, 0.29) is 18.3 Å². The van der Waals surface area contributed by atoms with Gasteiger partial charge in [0.25, 0.3) is 5.56 Å². The summed E-state index contributed by atoms with van der Waals surface area (Å²) in [5, 5.41) is 0.381. The number of methoxy groups -OCH3 is 1. The molecule has 0 N–H and O–H groups in total. The molecule has 2 aromatic carbocycles. The first-order valence-corrected chi connectivity index (χ1v) is 8.51. The average Bonchev–Trinajstić information content (AvgIpc) is 3.10. The molecule has 1 aliphatic rings. The van der Waals surface area contributed by atoms with Crippen molar-refractivity contribution in [1.29, 1.82) is 0 Å². The fraction of sp³-hybridized carbons (Fsp3) is 0.250. The second kappa shape index (κ2) is 6.75. The number of ether oxygens (including phenoxy) is 3. The van der Waals surface area contributed by atoms with Gasteiger partial charge in [-0.3, -0.25) is 4.79 Å². The molecule has 0 bridgehead atoms. The van der Waals surface area contributed by atoms with Gasteiger partial charge in [-0.2, -0.15) is 0 Å². The molecule has 0 saturated heterocycles. The van der Waals surface area contributed by atoms with E-state index >= 15 is 0 Å². The number of hydrogen-bond acceptors (Lipinski definition) is 6. The number of fused-ring (bicyclic) bond motifs is 2. The highest BCUT2D eigenvalue weighted by Crippen LogP contribution is 2.32. The van der Waals surface area contributed by atoms with Crippen LogP contribution in [-0.4, -0.2) is 35.3 Å². The maximum atomic E-state index is 12.4. The summed E-state index contributed by atoms with van der Waals surface area (Å²) >= 11 is 0. The Bertz CT molecular complexity index is 1090. The second-order valence-electron chi connectivity index (χ2n) is 6.41. The largest absolute Gasteiger partial charge is 0.497 e. The summed E-state index contributed by atoms with van der Waals surface area (Å²) in [5.41, 5.74) is 1.66. The third-order valence-electron chi connectivity index (χ3n) is 4.56. The number of aryl methyl sites for hydroxylation is 1. The fourth-order valence-electron chi connectivity index (χ4n) is 3.11. The van der Waals surface area contributed by atoms with E-state index < -0.39 is 5.97 Å². The molecule has 27 heavy (non-hydrogen) atoms. The number of rotatable bonds is 4. The Hall–Kier alpha value is -3.35. The molecule has 7 nitrogen and oxygen atoms in total. The van der Waals surface area contributed by atoms with Gasteiger partial charge in [0, 0.05) is 19.0 Å². The van der Waals surface area contributed by atoms with Crippen molar-refractivity contribution < 1.29 is 19.0 Å². The normalized spacial score (nSPS) is 15.3. The van der Waals surface area contributed by atoms with Gasteiger partial charge in [0.1, 0.15) is 24.2 Å². The van der Waals surface area contributed by atoms with Crippen molar-refractivity contribution in [3.05, 3.63) is 64.2 Å². The van der Waals surface area contributed by atoms with Gasteiger partial charge in [-0.15, -0.1) is 0 Å². The Labute approximate surface area is 155 Å². The van der Waals surface area contributed by atoms with Crippen molar-refractivity contribution in [2.45, 2.75) is 12.5 Å². The molecule has 0 radical (unpaired) electrons. The van der Waals surface area contributed by atoms with Gasteiger partial charge >= 0.3 is 5.97 Å². The summed E-state index contributed by atoms with van der Waals surface area (Å²) in [7, 11) is 3.23. The Morgan fingerprint density at radius 3 is 2.96 bits per heavy atom. The Balaban J connectivity index is 1.45. The Kier molecular flexibility index (Phi) is 4.27. The van der Waals surface area contributed by atoms with E-state index in [2.05, 4.69) is 4.98 Å². The third-order valence-corrected chi connectivity index (χ3v) is 4.56.